The van der Waals surface area contributed by atoms with E-state index in [0.29, 0.717) is 10.2 Å². The van der Waals surface area contributed by atoms with Crippen molar-refractivity contribution in [1.29, 1.82) is 0 Å². The van der Waals surface area contributed by atoms with Gasteiger partial charge in [0.2, 0.25) is 0 Å². The van der Waals surface area contributed by atoms with Crippen molar-refractivity contribution in [2.75, 3.05) is 7.11 Å². The molecule has 0 unspecified atom stereocenters. The average molecular weight is 331 g/mol. The zero-order valence-electron chi connectivity index (χ0n) is 9.79. The Morgan fingerprint density at radius 2 is 2.11 bits per heavy atom. The number of halogens is 1. The largest absolute Gasteiger partial charge is 0.495 e. The third-order valence-corrected chi connectivity index (χ3v) is 4.98. The minimum absolute atomic E-state index is 0.0977. The van der Waals surface area contributed by atoms with Crippen LogP contribution in [0.1, 0.15) is 5.56 Å². The molecule has 0 atom stereocenters. The molecule has 1 aromatic carbocycles. The van der Waals surface area contributed by atoms with Crippen molar-refractivity contribution in [1.82, 2.24) is 8.96 Å². The molecule has 5 nitrogen and oxygen atoms in total. The fraction of sp³-hybridized carbons (Fsp3) is 0.182. The Bertz CT molecular complexity index is 666. The molecule has 2 rings (SSSR count). The second-order valence-electron chi connectivity index (χ2n) is 3.65. The number of aryl methyl sites for hydroxylation is 1. The van der Waals surface area contributed by atoms with Crippen LogP contribution in [-0.4, -0.2) is 24.5 Å². The van der Waals surface area contributed by atoms with Gasteiger partial charge in [-0.1, -0.05) is 15.9 Å². The predicted octanol–water partition coefficient (Wildman–Crippen LogP) is 2.20. The highest BCUT2D eigenvalue weighted by Crippen LogP contribution is 2.31. The second-order valence-corrected chi connectivity index (χ2v) is 6.32. The first-order valence-corrected chi connectivity index (χ1v) is 7.28. The molecule has 0 bridgehead atoms. The predicted molar refractivity (Wildman–Crippen MR) is 70.2 cm³/mol. The van der Waals surface area contributed by atoms with Crippen LogP contribution in [-0.2, 0) is 10.0 Å². The first kappa shape index (κ1) is 13.1. The molecule has 0 fully saturated rings. The van der Waals surface area contributed by atoms with E-state index in [1.165, 1.54) is 31.9 Å². The van der Waals surface area contributed by atoms with Crippen molar-refractivity contribution in [3.8, 4) is 5.75 Å². The standard InChI is InChI=1S/C11H11BrN2O3S/c1-8-5-10(17-2)11(6-9(8)12)18(15,16)14-4-3-13-7-14/h3-7H,1-2H3. The van der Waals surface area contributed by atoms with Crippen LogP contribution in [0.3, 0.4) is 0 Å². The van der Waals surface area contributed by atoms with E-state index in [1.807, 2.05) is 6.92 Å². The van der Waals surface area contributed by atoms with Crippen molar-refractivity contribution >= 4 is 26.0 Å². The number of benzene rings is 1. The minimum Gasteiger partial charge on any atom is -0.495 e. The van der Waals surface area contributed by atoms with Gasteiger partial charge in [-0.3, -0.25) is 0 Å². The molecule has 0 aliphatic rings. The highest BCUT2D eigenvalue weighted by atomic mass is 79.9. The fourth-order valence-electron chi connectivity index (χ4n) is 1.50. The molecule has 96 valence electrons. The van der Waals surface area contributed by atoms with E-state index in [2.05, 4.69) is 20.9 Å². The van der Waals surface area contributed by atoms with E-state index in [0.717, 1.165) is 9.54 Å². The SMILES string of the molecule is COc1cc(C)c(Br)cc1S(=O)(=O)n1ccnc1. The van der Waals surface area contributed by atoms with Gasteiger partial charge in [-0.25, -0.2) is 17.4 Å². The number of aromatic nitrogens is 2. The summed E-state index contributed by atoms with van der Waals surface area (Å²) in [6, 6.07) is 3.21. The van der Waals surface area contributed by atoms with Gasteiger partial charge in [0.25, 0.3) is 10.0 Å². The lowest BCUT2D eigenvalue weighted by molar-refractivity contribution is 0.402. The van der Waals surface area contributed by atoms with Gasteiger partial charge in [0, 0.05) is 16.9 Å². The van der Waals surface area contributed by atoms with E-state index >= 15 is 0 Å². The van der Waals surface area contributed by atoms with Gasteiger partial charge in [-0.15, -0.1) is 0 Å². The normalized spacial score (nSPS) is 11.5. The van der Waals surface area contributed by atoms with E-state index in [9.17, 15) is 8.42 Å². The number of rotatable bonds is 3. The van der Waals surface area contributed by atoms with Crippen LogP contribution in [0.4, 0.5) is 0 Å². The minimum atomic E-state index is -3.68. The maximum absolute atomic E-state index is 12.4. The van der Waals surface area contributed by atoms with Gasteiger partial charge in [-0.2, -0.15) is 0 Å². The summed E-state index contributed by atoms with van der Waals surface area (Å²) in [5, 5.41) is 0. The summed E-state index contributed by atoms with van der Waals surface area (Å²) in [6.07, 6.45) is 4.03. The summed E-state index contributed by atoms with van der Waals surface area (Å²) in [4.78, 5) is 3.84. The van der Waals surface area contributed by atoms with E-state index in [-0.39, 0.29) is 4.90 Å². The molecule has 0 spiro atoms. The van der Waals surface area contributed by atoms with Crippen LogP contribution in [0, 0.1) is 6.92 Å². The number of nitrogens with zero attached hydrogens (tertiary/aromatic N) is 2. The first-order valence-electron chi connectivity index (χ1n) is 5.04. The molecule has 0 aliphatic carbocycles. The van der Waals surface area contributed by atoms with Gasteiger partial charge in [-0.05, 0) is 24.6 Å². The molecule has 1 aromatic heterocycles. The molecule has 2 aromatic rings. The number of hydrogen-bond acceptors (Lipinski definition) is 4. The molecule has 0 aliphatic heterocycles. The Balaban J connectivity index is 2.68. The Kier molecular flexibility index (Phi) is 3.45. The molecule has 0 saturated carbocycles. The molecule has 0 amide bonds. The highest BCUT2D eigenvalue weighted by Gasteiger charge is 2.22. The van der Waals surface area contributed by atoms with E-state index < -0.39 is 10.0 Å². The summed E-state index contributed by atoms with van der Waals surface area (Å²) in [6.45, 7) is 1.86. The van der Waals surface area contributed by atoms with Crippen LogP contribution >= 0.6 is 15.9 Å². The van der Waals surface area contributed by atoms with Crippen LogP contribution in [0.2, 0.25) is 0 Å². The summed E-state index contributed by atoms with van der Waals surface area (Å²) in [5.74, 6) is 0.310. The lowest BCUT2D eigenvalue weighted by atomic mass is 10.2. The Morgan fingerprint density at radius 1 is 1.39 bits per heavy atom. The molecule has 0 N–H and O–H groups in total. The van der Waals surface area contributed by atoms with Gasteiger partial charge in [0.1, 0.15) is 17.0 Å². The molecule has 1 heterocycles. The number of methoxy groups -OCH3 is 1. The summed E-state index contributed by atoms with van der Waals surface area (Å²) < 4.78 is 31.6. The van der Waals surface area contributed by atoms with Crippen molar-refractivity contribution in [3.05, 3.63) is 40.9 Å². The molecule has 18 heavy (non-hydrogen) atoms. The van der Waals surface area contributed by atoms with Crippen LogP contribution in [0.5, 0.6) is 5.75 Å². The van der Waals surface area contributed by atoms with Gasteiger partial charge in [0.15, 0.2) is 0 Å². The third-order valence-electron chi connectivity index (χ3n) is 2.48. The molecular weight excluding hydrogens is 320 g/mol. The monoisotopic (exact) mass is 330 g/mol. The number of ether oxygens (including phenoxy) is 1. The van der Waals surface area contributed by atoms with Crippen molar-refractivity contribution < 1.29 is 13.2 Å². The van der Waals surface area contributed by atoms with Crippen LogP contribution < -0.4 is 4.74 Å². The number of hydrogen-bond donors (Lipinski definition) is 0. The lowest BCUT2D eigenvalue weighted by Crippen LogP contribution is -2.12. The quantitative estimate of drug-likeness (QED) is 0.865. The Labute approximate surface area is 114 Å². The highest BCUT2D eigenvalue weighted by molar-refractivity contribution is 9.10. The number of imidazole rings is 1. The van der Waals surface area contributed by atoms with Crippen molar-refractivity contribution in [2.45, 2.75) is 11.8 Å². The zero-order valence-corrected chi connectivity index (χ0v) is 12.2. The second kappa shape index (κ2) is 4.74. The summed E-state index contributed by atoms with van der Waals surface area (Å²) >= 11 is 3.32. The van der Waals surface area contributed by atoms with E-state index in [4.69, 9.17) is 4.74 Å². The maximum Gasteiger partial charge on any atom is 0.272 e. The maximum atomic E-state index is 12.4. The fourth-order valence-corrected chi connectivity index (χ4v) is 3.28. The Hall–Kier alpha value is -1.34. The molecule has 0 saturated heterocycles. The Morgan fingerprint density at radius 3 is 2.67 bits per heavy atom. The summed E-state index contributed by atoms with van der Waals surface area (Å²) in [7, 11) is -2.24. The average Bonchev–Trinajstić information content (AvgIpc) is 2.86. The lowest BCUT2D eigenvalue weighted by Gasteiger charge is -2.12. The van der Waals surface area contributed by atoms with E-state index in [1.54, 1.807) is 6.07 Å². The molecule has 7 heteroatoms. The zero-order chi connectivity index (χ0) is 13.3. The first-order chi connectivity index (χ1) is 8.46. The van der Waals surface area contributed by atoms with Crippen LogP contribution in [0.25, 0.3) is 0 Å². The molecule has 0 radical (unpaired) electrons. The third kappa shape index (κ3) is 2.15. The van der Waals surface area contributed by atoms with Crippen LogP contribution in [0.15, 0.2) is 40.2 Å². The van der Waals surface area contributed by atoms with Crippen molar-refractivity contribution in [2.24, 2.45) is 0 Å². The smallest absolute Gasteiger partial charge is 0.272 e. The van der Waals surface area contributed by atoms with Gasteiger partial charge in [0.05, 0.1) is 7.11 Å². The van der Waals surface area contributed by atoms with Crippen molar-refractivity contribution in [3.63, 3.8) is 0 Å². The van der Waals surface area contributed by atoms with Gasteiger partial charge >= 0.3 is 0 Å². The topological polar surface area (TPSA) is 61.2 Å². The molecular formula is C11H11BrN2O3S. The van der Waals surface area contributed by atoms with Gasteiger partial charge < -0.3 is 4.74 Å². The summed E-state index contributed by atoms with van der Waals surface area (Å²) in [5.41, 5.74) is 0.899.